The number of hydrogen-bond acceptors (Lipinski definition) is 6. The molecule has 188 valence electrons. The van der Waals surface area contributed by atoms with E-state index in [1.807, 2.05) is 54.6 Å². The summed E-state index contributed by atoms with van der Waals surface area (Å²) in [6, 6.07) is 23.6. The number of non-ortho nitro benzene ring substituents is 1. The number of likely N-dealkylation sites (tertiary alicyclic amines) is 1. The van der Waals surface area contributed by atoms with Crippen molar-refractivity contribution in [3.8, 4) is 5.75 Å². The van der Waals surface area contributed by atoms with Crippen LogP contribution in [-0.4, -0.2) is 40.5 Å². The Bertz CT molecular complexity index is 1170. The molecule has 7 nitrogen and oxygen atoms in total. The van der Waals surface area contributed by atoms with E-state index in [0.29, 0.717) is 18.7 Å². The quantitative estimate of drug-likeness (QED) is 0.231. The Morgan fingerprint density at radius 2 is 1.67 bits per heavy atom. The lowest BCUT2D eigenvalue weighted by molar-refractivity contribution is -0.384. The second-order valence-electron chi connectivity index (χ2n) is 10.1. The van der Waals surface area contributed by atoms with Gasteiger partial charge in [-0.3, -0.25) is 15.0 Å². The molecule has 0 aliphatic carbocycles. The summed E-state index contributed by atoms with van der Waals surface area (Å²) in [5.74, 6) is 0.349. The average molecular weight is 489 g/mol. The van der Waals surface area contributed by atoms with Gasteiger partial charge in [0, 0.05) is 30.1 Å². The molecule has 0 bridgehead atoms. The van der Waals surface area contributed by atoms with Crippen LogP contribution in [0.3, 0.4) is 0 Å². The van der Waals surface area contributed by atoms with Gasteiger partial charge in [0.1, 0.15) is 18.5 Å². The average Bonchev–Trinajstić information content (AvgIpc) is 2.88. The highest BCUT2D eigenvalue weighted by Crippen LogP contribution is 2.34. The van der Waals surface area contributed by atoms with Crippen molar-refractivity contribution in [3.63, 3.8) is 0 Å². The summed E-state index contributed by atoms with van der Waals surface area (Å²) < 4.78 is 12.0. The van der Waals surface area contributed by atoms with Gasteiger partial charge in [0.15, 0.2) is 0 Å². The Balaban J connectivity index is 1.48. The number of rotatable bonds is 7. The number of hydrogen-bond donors (Lipinski definition) is 0. The third-order valence-corrected chi connectivity index (χ3v) is 6.64. The highest BCUT2D eigenvalue weighted by atomic mass is 16.6. The van der Waals surface area contributed by atoms with E-state index in [9.17, 15) is 14.9 Å². The molecule has 0 radical (unpaired) electrons. The number of carbonyl (C=O) groups is 1. The molecule has 1 fully saturated rings. The van der Waals surface area contributed by atoms with Crippen LogP contribution in [0.4, 0.5) is 5.69 Å². The van der Waals surface area contributed by atoms with Crippen molar-refractivity contribution in [1.29, 1.82) is 0 Å². The molecule has 1 saturated heterocycles. The van der Waals surface area contributed by atoms with Gasteiger partial charge in [0.25, 0.3) is 5.69 Å². The summed E-state index contributed by atoms with van der Waals surface area (Å²) in [4.78, 5) is 25.8. The van der Waals surface area contributed by atoms with Gasteiger partial charge in [0.2, 0.25) is 0 Å². The number of nitrogens with zero attached hydrogens (tertiary/aromatic N) is 2. The van der Waals surface area contributed by atoms with E-state index in [-0.39, 0.29) is 23.2 Å². The first kappa shape index (κ1) is 25.4. The first-order chi connectivity index (χ1) is 17.2. The molecule has 1 aliphatic heterocycles. The molecule has 1 aliphatic rings. The molecule has 0 aromatic heterocycles. The number of nitro groups is 1. The Labute approximate surface area is 211 Å². The maximum Gasteiger partial charge on any atom is 0.338 e. The van der Waals surface area contributed by atoms with Crippen molar-refractivity contribution in [2.75, 3.05) is 13.1 Å². The Kier molecular flexibility index (Phi) is 7.70. The van der Waals surface area contributed by atoms with Crippen LogP contribution in [0.2, 0.25) is 0 Å². The van der Waals surface area contributed by atoms with Crippen LogP contribution in [0.5, 0.6) is 5.75 Å². The maximum absolute atomic E-state index is 13.0. The fourth-order valence-corrected chi connectivity index (χ4v) is 4.50. The van der Waals surface area contributed by atoms with E-state index >= 15 is 0 Å². The van der Waals surface area contributed by atoms with Crippen LogP contribution in [-0.2, 0) is 11.3 Å². The summed E-state index contributed by atoms with van der Waals surface area (Å²) in [6.07, 6.45) is 0.497. The first-order valence-electron chi connectivity index (χ1n) is 12.2. The number of esters is 1. The van der Waals surface area contributed by atoms with Crippen LogP contribution in [0.15, 0.2) is 78.9 Å². The molecular formula is C29H32N2O5. The molecular weight excluding hydrogens is 456 g/mol. The standard InChI is InChI=1S/C29H32N2O5/c1-29(2,3)30-18-17-26(22-11-15-25(16-12-22)35-20-21-7-5-4-6-8-21)27(19-30)36-28(32)23-9-13-24(14-10-23)31(33)34/h4-16,26-27H,17-20H2,1-3H3. The molecule has 0 saturated carbocycles. The zero-order valence-electron chi connectivity index (χ0n) is 20.9. The molecule has 1 heterocycles. The predicted molar refractivity (Wildman–Crippen MR) is 138 cm³/mol. The lowest BCUT2D eigenvalue weighted by Gasteiger charge is -2.44. The molecule has 7 heteroatoms. The predicted octanol–water partition coefficient (Wildman–Crippen LogP) is 5.99. The molecule has 2 atom stereocenters. The van der Waals surface area contributed by atoms with Gasteiger partial charge in [0.05, 0.1) is 10.5 Å². The summed E-state index contributed by atoms with van der Waals surface area (Å²) in [6.45, 7) is 8.47. The van der Waals surface area contributed by atoms with Gasteiger partial charge in [-0.15, -0.1) is 0 Å². The highest BCUT2D eigenvalue weighted by Gasteiger charge is 2.37. The van der Waals surface area contributed by atoms with Crippen molar-refractivity contribution < 1.29 is 19.2 Å². The van der Waals surface area contributed by atoms with Gasteiger partial charge >= 0.3 is 5.97 Å². The van der Waals surface area contributed by atoms with Crippen LogP contribution >= 0.6 is 0 Å². The summed E-state index contributed by atoms with van der Waals surface area (Å²) >= 11 is 0. The van der Waals surface area contributed by atoms with Crippen molar-refractivity contribution in [2.45, 2.75) is 51.4 Å². The first-order valence-corrected chi connectivity index (χ1v) is 12.2. The Morgan fingerprint density at radius 1 is 1.00 bits per heavy atom. The molecule has 0 spiro atoms. The maximum atomic E-state index is 13.0. The fraction of sp³-hybridized carbons (Fsp3) is 0.345. The van der Waals surface area contributed by atoms with E-state index in [0.717, 1.165) is 29.8 Å². The minimum Gasteiger partial charge on any atom is -0.489 e. The number of benzene rings is 3. The molecule has 0 N–H and O–H groups in total. The van der Waals surface area contributed by atoms with E-state index in [2.05, 4.69) is 25.7 Å². The molecule has 36 heavy (non-hydrogen) atoms. The molecule has 3 aromatic carbocycles. The summed E-state index contributed by atoms with van der Waals surface area (Å²) in [7, 11) is 0. The van der Waals surface area contributed by atoms with Gasteiger partial charge < -0.3 is 9.47 Å². The molecule has 0 amide bonds. The lowest BCUT2D eigenvalue weighted by atomic mass is 9.85. The SMILES string of the molecule is CC(C)(C)N1CCC(c2ccc(OCc3ccccc3)cc2)C(OC(=O)c2ccc([N+](=O)[O-])cc2)C1. The van der Waals surface area contributed by atoms with E-state index < -0.39 is 10.9 Å². The van der Waals surface area contributed by atoms with Gasteiger partial charge in [-0.1, -0.05) is 42.5 Å². The zero-order valence-corrected chi connectivity index (χ0v) is 20.9. The fourth-order valence-electron chi connectivity index (χ4n) is 4.50. The number of carbonyl (C=O) groups excluding carboxylic acids is 1. The van der Waals surface area contributed by atoms with Crippen LogP contribution in [0.1, 0.15) is 54.6 Å². The number of piperidine rings is 1. The second-order valence-corrected chi connectivity index (χ2v) is 10.1. The van der Waals surface area contributed by atoms with E-state index in [4.69, 9.17) is 9.47 Å². The van der Waals surface area contributed by atoms with Crippen LogP contribution in [0, 0.1) is 10.1 Å². The van der Waals surface area contributed by atoms with E-state index in [1.54, 1.807) is 0 Å². The number of ether oxygens (including phenoxy) is 2. The largest absolute Gasteiger partial charge is 0.489 e. The topological polar surface area (TPSA) is 81.9 Å². The van der Waals surface area contributed by atoms with Gasteiger partial charge in [-0.25, -0.2) is 4.79 Å². The van der Waals surface area contributed by atoms with Crippen molar-refractivity contribution in [3.05, 3.63) is 106 Å². The normalized spacial score (nSPS) is 18.4. The van der Waals surface area contributed by atoms with Crippen molar-refractivity contribution >= 4 is 11.7 Å². The number of nitro benzene ring substituents is 1. The third kappa shape index (κ3) is 6.29. The Hall–Kier alpha value is -3.71. The minimum absolute atomic E-state index is 0.0359. The Morgan fingerprint density at radius 3 is 2.28 bits per heavy atom. The smallest absolute Gasteiger partial charge is 0.338 e. The molecule has 2 unspecified atom stereocenters. The minimum atomic E-state index is -0.485. The third-order valence-electron chi connectivity index (χ3n) is 6.64. The van der Waals surface area contributed by atoms with Gasteiger partial charge in [-0.2, -0.15) is 0 Å². The molecule has 3 aromatic rings. The van der Waals surface area contributed by atoms with Crippen molar-refractivity contribution in [2.24, 2.45) is 0 Å². The second kappa shape index (κ2) is 10.9. The lowest BCUT2D eigenvalue weighted by Crippen LogP contribution is -2.52. The molecule has 4 rings (SSSR count). The summed E-state index contributed by atoms with van der Waals surface area (Å²) in [5.41, 5.74) is 2.39. The van der Waals surface area contributed by atoms with Crippen molar-refractivity contribution in [1.82, 2.24) is 4.90 Å². The van der Waals surface area contributed by atoms with Crippen LogP contribution in [0.25, 0.3) is 0 Å². The highest BCUT2D eigenvalue weighted by molar-refractivity contribution is 5.89. The summed E-state index contributed by atoms with van der Waals surface area (Å²) in [5, 5.41) is 10.9. The zero-order chi connectivity index (χ0) is 25.7. The monoisotopic (exact) mass is 488 g/mol. The van der Waals surface area contributed by atoms with Gasteiger partial charge in [-0.05, 0) is 69.1 Å². The van der Waals surface area contributed by atoms with Crippen LogP contribution < -0.4 is 4.74 Å². The van der Waals surface area contributed by atoms with E-state index in [1.165, 1.54) is 24.3 Å².